The first-order chi connectivity index (χ1) is 7.54. The second-order valence-corrected chi connectivity index (χ2v) is 4.71. The number of rotatable bonds is 4. The predicted octanol–water partition coefficient (Wildman–Crippen LogP) is 2.60. The number of aliphatic hydroxyl groups is 1. The van der Waals surface area contributed by atoms with Crippen LogP contribution in [0, 0.1) is 5.41 Å². The lowest BCUT2D eigenvalue weighted by Gasteiger charge is -2.18. The standard InChI is InChI=1S/C13H19NO2/c1-13(2,3)12(9-15)14-16-10-11-7-5-4-6-8-11/h4-8,15H,9-10H2,1-3H3/b14-12+. The van der Waals surface area contributed by atoms with Crippen LogP contribution in [0.15, 0.2) is 35.5 Å². The maximum absolute atomic E-state index is 9.15. The van der Waals surface area contributed by atoms with Gasteiger partial charge in [0.15, 0.2) is 0 Å². The molecule has 0 amide bonds. The zero-order valence-corrected chi connectivity index (χ0v) is 10.1. The Morgan fingerprint density at radius 3 is 2.38 bits per heavy atom. The summed E-state index contributed by atoms with van der Waals surface area (Å²) < 4.78 is 0. The summed E-state index contributed by atoms with van der Waals surface area (Å²) in [5.41, 5.74) is 1.56. The molecule has 0 atom stereocenters. The van der Waals surface area contributed by atoms with E-state index in [1.807, 2.05) is 51.1 Å². The summed E-state index contributed by atoms with van der Waals surface area (Å²) in [5.74, 6) is 0. The van der Waals surface area contributed by atoms with Gasteiger partial charge in [0.25, 0.3) is 0 Å². The van der Waals surface area contributed by atoms with E-state index < -0.39 is 0 Å². The first-order valence-corrected chi connectivity index (χ1v) is 5.38. The molecule has 0 saturated carbocycles. The van der Waals surface area contributed by atoms with Gasteiger partial charge in [-0.05, 0) is 5.56 Å². The van der Waals surface area contributed by atoms with Gasteiger partial charge in [-0.2, -0.15) is 0 Å². The summed E-state index contributed by atoms with van der Waals surface area (Å²) in [6.45, 7) is 6.34. The third-order valence-electron chi connectivity index (χ3n) is 2.26. The lowest BCUT2D eigenvalue weighted by atomic mass is 9.91. The molecule has 16 heavy (non-hydrogen) atoms. The van der Waals surface area contributed by atoms with E-state index >= 15 is 0 Å². The van der Waals surface area contributed by atoms with Crippen LogP contribution >= 0.6 is 0 Å². The van der Waals surface area contributed by atoms with Crippen LogP contribution in [-0.2, 0) is 11.4 Å². The van der Waals surface area contributed by atoms with Crippen LogP contribution in [-0.4, -0.2) is 17.4 Å². The van der Waals surface area contributed by atoms with Gasteiger partial charge in [-0.1, -0.05) is 56.3 Å². The molecule has 0 fully saturated rings. The minimum Gasteiger partial charge on any atom is -0.391 e. The Morgan fingerprint density at radius 2 is 1.88 bits per heavy atom. The number of oxime groups is 1. The van der Waals surface area contributed by atoms with Gasteiger partial charge < -0.3 is 9.94 Å². The Kier molecular flexibility index (Phi) is 4.50. The third-order valence-corrected chi connectivity index (χ3v) is 2.26. The molecule has 88 valence electrons. The van der Waals surface area contributed by atoms with Crippen LogP contribution in [0.5, 0.6) is 0 Å². The summed E-state index contributed by atoms with van der Waals surface area (Å²) >= 11 is 0. The molecule has 3 heteroatoms. The van der Waals surface area contributed by atoms with Crippen molar-refractivity contribution in [1.29, 1.82) is 0 Å². The largest absolute Gasteiger partial charge is 0.391 e. The van der Waals surface area contributed by atoms with Crippen molar-refractivity contribution < 1.29 is 9.94 Å². The van der Waals surface area contributed by atoms with Crippen molar-refractivity contribution in [2.45, 2.75) is 27.4 Å². The van der Waals surface area contributed by atoms with Crippen LogP contribution < -0.4 is 0 Å². The Balaban J connectivity index is 2.53. The fourth-order valence-electron chi connectivity index (χ4n) is 1.16. The van der Waals surface area contributed by atoms with E-state index in [4.69, 9.17) is 9.94 Å². The molecular weight excluding hydrogens is 202 g/mol. The molecule has 1 rings (SSSR count). The Labute approximate surface area is 96.7 Å². The van der Waals surface area contributed by atoms with Gasteiger partial charge in [-0.25, -0.2) is 0 Å². The highest BCUT2D eigenvalue weighted by Gasteiger charge is 2.18. The second kappa shape index (κ2) is 5.66. The number of aliphatic hydroxyl groups excluding tert-OH is 1. The summed E-state index contributed by atoms with van der Waals surface area (Å²) in [4.78, 5) is 5.23. The van der Waals surface area contributed by atoms with Crippen molar-refractivity contribution in [2.24, 2.45) is 10.6 Å². The average molecular weight is 221 g/mol. The van der Waals surface area contributed by atoms with Gasteiger partial charge in [-0.15, -0.1) is 0 Å². The van der Waals surface area contributed by atoms with E-state index in [1.54, 1.807) is 0 Å². The van der Waals surface area contributed by atoms with Crippen molar-refractivity contribution in [1.82, 2.24) is 0 Å². The van der Waals surface area contributed by atoms with Crippen LogP contribution in [0.25, 0.3) is 0 Å². The maximum atomic E-state index is 9.15. The average Bonchev–Trinajstić information content (AvgIpc) is 2.24. The maximum Gasteiger partial charge on any atom is 0.142 e. The molecule has 0 saturated heterocycles. The van der Waals surface area contributed by atoms with E-state index in [0.29, 0.717) is 12.3 Å². The molecule has 0 bridgehead atoms. The third kappa shape index (κ3) is 4.03. The quantitative estimate of drug-likeness (QED) is 0.627. The van der Waals surface area contributed by atoms with Crippen LogP contribution in [0.4, 0.5) is 0 Å². The summed E-state index contributed by atoms with van der Waals surface area (Å²) in [6.07, 6.45) is 0. The Morgan fingerprint density at radius 1 is 1.25 bits per heavy atom. The zero-order valence-electron chi connectivity index (χ0n) is 10.1. The van der Waals surface area contributed by atoms with Crippen molar-refractivity contribution in [3.8, 4) is 0 Å². The Hall–Kier alpha value is -1.35. The molecule has 0 aliphatic heterocycles. The lowest BCUT2D eigenvalue weighted by molar-refractivity contribution is 0.125. The topological polar surface area (TPSA) is 41.8 Å². The molecule has 0 unspecified atom stereocenters. The highest BCUT2D eigenvalue weighted by molar-refractivity contribution is 5.89. The van der Waals surface area contributed by atoms with Gasteiger partial charge in [0.1, 0.15) is 6.61 Å². The minimum absolute atomic E-state index is 0.0711. The van der Waals surface area contributed by atoms with E-state index in [-0.39, 0.29) is 12.0 Å². The molecule has 0 aliphatic rings. The highest BCUT2D eigenvalue weighted by atomic mass is 16.6. The molecule has 1 aromatic carbocycles. The van der Waals surface area contributed by atoms with Crippen molar-refractivity contribution in [3.63, 3.8) is 0 Å². The van der Waals surface area contributed by atoms with E-state index in [1.165, 1.54) is 0 Å². The number of benzene rings is 1. The second-order valence-electron chi connectivity index (χ2n) is 4.71. The summed E-state index contributed by atoms with van der Waals surface area (Å²) in [5, 5.41) is 13.1. The molecule has 1 N–H and O–H groups in total. The molecule has 0 heterocycles. The molecule has 0 spiro atoms. The van der Waals surface area contributed by atoms with Crippen LogP contribution in [0.3, 0.4) is 0 Å². The lowest BCUT2D eigenvalue weighted by Crippen LogP contribution is -2.24. The van der Waals surface area contributed by atoms with Gasteiger partial charge >= 0.3 is 0 Å². The van der Waals surface area contributed by atoms with Gasteiger partial charge in [0.2, 0.25) is 0 Å². The first-order valence-electron chi connectivity index (χ1n) is 5.38. The predicted molar refractivity (Wildman–Crippen MR) is 65.2 cm³/mol. The first kappa shape index (κ1) is 12.7. The van der Waals surface area contributed by atoms with Gasteiger partial charge in [0.05, 0.1) is 12.3 Å². The molecule has 1 aromatic rings. The Bertz CT molecular complexity index is 339. The van der Waals surface area contributed by atoms with E-state index in [2.05, 4.69) is 5.16 Å². The van der Waals surface area contributed by atoms with Gasteiger partial charge in [-0.3, -0.25) is 0 Å². The van der Waals surface area contributed by atoms with Crippen molar-refractivity contribution in [3.05, 3.63) is 35.9 Å². The molecule has 3 nitrogen and oxygen atoms in total. The van der Waals surface area contributed by atoms with Crippen LogP contribution in [0.2, 0.25) is 0 Å². The SMILES string of the molecule is CC(C)(C)/C(CO)=N/OCc1ccccc1. The fourth-order valence-corrected chi connectivity index (χ4v) is 1.16. The number of nitrogens with zero attached hydrogens (tertiary/aromatic N) is 1. The normalized spacial score (nSPS) is 12.6. The minimum atomic E-state index is -0.161. The van der Waals surface area contributed by atoms with Crippen LogP contribution in [0.1, 0.15) is 26.3 Å². The molecule has 0 radical (unpaired) electrons. The molecule has 0 aliphatic carbocycles. The van der Waals surface area contributed by atoms with E-state index in [9.17, 15) is 0 Å². The van der Waals surface area contributed by atoms with E-state index in [0.717, 1.165) is 5.56 Å². The summed E-state index contributed by atoms with van der Waals surface area (Å²) in [7, 11) is 0. The van der Waals surface area contributed by atoms with Gasteiger partial charge in [0, 0.05) is 5.41 Å². The fraction of sp³-hybridized carbons (Fsp3) is 0.462. The highest BCUT2D eigenvalue weighted by Crippen LogP contribution is 2.16. The molecule has 0 aromatic heterocycles. The zero-order chi connectivity index (χ0) is 12.0. The molecular formula is C13H19NO2. The summed E-state index contributed by atoms with van der Waals surface area (Å²) in [6, 6.07) is 9.83. The van der Waals surface area contributed by atoms with Crippen molar-refractivity contribution >= 4 is 5.71 Å². The number of hydrogen-bond acceptors (Lipinski definition) is 3. The monoisotopic (exact) mass is 221 g/mol. The smallest absolute Gasteiger partial charge is 0.142 e. The van der Waals surface area contributed by atoms with Crippen molar-refractivity contribution in [2.75, 3.05) is 6.61 Å². The number of hydrogen-bond donors (Lipinski definition) is 1.